The van der Waals surface area contributed by atoms with Crippen LogP contribution in [0.25, 0.3) is 0 Å². The van der Waals surface area contributed by atoms with Gasteiger partial charge in [-0.15, -0.1) is 0 Å². The molecule has 2 heterocycles. The molecule has 126 valence electrons. The third-order valence-electron chi connectivity index (χ3n) is 4.30. The standard InChI is InChI=1S/C17H18ClN3O3/c1-10-16(18)11(2)20(19-10)9-15(22)21-13-7-5-4-6-12(13)8-14(21)17(23)24-3/h4-7,14H,8-9H2,1-3H3. The zero-order chi connectivity index (χ0) is 17.4. The molecule has 1 aliphatic heterocycles. The second-order valence-corrected chi connectivity index (χ2v) is 6.16. The second-order valence-electron chi connectivity index (χ2n) is 5.78. The Morgan fingerprint density at radius 3 is 2.67 bits per heavy atom. The van der Waals surface area contributed by atoms with Gasteiger partial charge in [0.2, 0.25) is 5.91 Å². The highest BCUT2D eigenvalue weighted by Gasteiger charge is 2.39. The first-order valence-corrected chi connectivity index (χ1v) is 7.99. The van der Waals surface area contributed by atoms with Crippen LogP contribution in [0.15, 0.2) is 24.3 Å². The molecule has 24 heavy (non-hydrogen) atoms. The van der Waals surface area contributed by atoms with Gasteiger partial charge in [-0.3, -0.25) is 14.4 Å². The number of carbonyl (C=O) groups excluding carboxylic acids is 2. The second kappa shape index (κ2) is 6.28. The summed E-state index contributed by atoms with van der Waals surface area (Å²) in [6, 6.07) is 6.84. The van der Waals surface area contributed by atoms with Gasteiger partial charge in [0.05, 0.1) is 23.5 Å². The predicted octanol–water partition coefficient (Wildman–Crippen LogP) is 2.28. The number of rotatable bonds is 3. The number of esters is 1. The van der Waals surface area contributed by atoms with Crippen molar-refractivity contribution in [3.63, 3.8) is 0 Å². The lowest BCUT2D eigenvalue weighted by molar-refractivity contribution is -0.143. The average Bonchev–Trinajstić information content (AvgIpc) is 3.08. The average molecular weight is 348 g/mol. The van der Waals surface area contributed by atoms with E-state index in [9.17, 15) is 9.59 Å². The van der Waals surface area contributed by atoms with E-state index in [1.54, 1.807) is 11.6 Å². The molecule has 1 aromatic heterocycles. The molecule has 3 rings (SSSR count). The van der Waals surface area contributed by atoms with Gasteiger partial charge in [0, 0.05) is 12.1 Å². The molecule has 0 aliphatic carbocycles. The molecule has 1 atom stereocenters. The monoisotopic (exact) mass is 347 g/mol. The maximum atomic E-state index is 12.9. The van der Waals surface area contributed by atoms with Crippen LogP contribution in [-0.4, -0.2) is 34.8 Å². The summed E-state index contributed by atoms with van der Waals surface area (Å²) in [6.45, 7) is 3.62. The molecule has 0 radical (unpaired) electrons. The molecule has 6 nitrogen and oxygen atoms in total. The summed E-state index contributed by atoms with van der Waals surface area (Å²) in [4.78, 5) is 26.5. The van der Waals surface area contributed by atoms with E-state index in [0.29, 0.717) is 17.1 Å². The smallest absolute Gasteiger partial charge is 0.329 e. The lowest BCUT2D eigenvalue weighted by Gasteiger charge is -2.24. The molecule has 1 aromatic carbocycles. The summed E-state index contributed by atoms with van der Waals surface area (Å²) in [6.07, 6.45) is 0.451. The van der Waals surface area contributed by atoms with Crippen LogP contribution in [0.1, 0.15) is 17.0 Å². The molecule has 0 saturated heterocycles. The fourth-order valence-electron chi connectivity index (χ4n) is 3.05. The van der Waals surface area contributed by atoms with E-state index in [1.165, 1.54) is 12.0 Å². The van der Waals surface area contributed by atoms with Gasteiger partial charge in [0.15, 0.2) is 0 Å². The molecule has 2 aromatic rings. The molecular formula is C17H18ClN3O3. The Balaban J connectivity index is 1.93. The molecule has 1 amide bonds. The Morgan fingerprint density at radius 1 is 1.33 bits per heavy atom. The largest absolute Gasteiger partial charge is 0.467 e. The van der Waals surface area contributed by atoms with Crippen LogP contribution in [0.5, 0.6) is 0 Å². The number of benzene rings is 1. The Morgan fingerprint density at radius 2 is 2.04 bits per heavy atom. The molecule has 1 unspecified atom stereocenters. The Kier molecular flexibility index (Phi) is 4.32. The van der Waals surface area contributed by atoms with Gasteiger partial charge < -0.3 is 4.74 Å². The van der Waals surface area contributed by atoms with Crippen LogP contribution in [-0.2, 0) is 27.3 Å². The van der Waals surface area contributed by atoms with Crippen LogP contribution in [0, 0.1) is 13.8 Å². The van der Waals surface area contributed by atoms with Crippen molar-refractivity contribution in [3.05, 3.63) is 46.2 Å². The molecule has 0 saturated carbocycles. The van der Waals surface area contributed by atoms with Crippen LogP contribution >= 0.6 is 11.6 Å². The highest BCUT2D eigenvalue weighted by molar-refractivity contribution is 6.31. The van der Waals surface area contributed by atoms with Crippen molar-refractivity contribution in [3.8, 4) is 0 Å². The van der Waals surface area contributed by atoms with Gasteiger partial charge in [0.1, 0.15) is 12.6 Å². The van der Waals surface area contributed by atoms with Crippen molar-refractivity contribution in [1.82, 2.24) is 9.78 Å². The quantitative estimate of drug-likeness (QED) is 0.799. The molecule has 0 spiro atoms. The van der Waals surface area contributed by atoms with Crippen LogP contribution < -0.4 is 4.90 Å². The van der Waals surface area contributed by atoms with E-state index < -0.39 is 12.0 Å². The number of halogens is 1. The number of ether oxygens (including phenoxy) is 1. The van der Waals surface area contributed by atoms with E-state index in [2.05, 4.69) is 5.10 Å². The van der Waals surface area contributed by atoms with Crippen molar-refractivity contribution in [1.29, 1.82) is 0 Å². The van der Waals surface area contributed by atoms with Crippen molar-refractivity contribution < 1.29 is 14.3 Å². The maximum Gasteiger partial charge on any atom is 0.329 e. The van der Waals surface area contributed by atoms with E-state index in [-0.39, 0.29) is 12.5 Å². The molecule has 7 heteroatoms. The Hall–Kier alpha value is -2.34. The van der Waals surface area contributed by atoms with Gasteiger partial charge >= 0.3 is 5.97 Å². The van der Waals surface area contributed by atoms with Crippen molar-refractivity contribution in [2.45, 2.75) is 32.9 Å². The first-order valence-electron chi connectivity index (χ1n) is 7.61. The number of hydrogen-bond acceptors (Lipinski definition) is 4. The molecule has 1 aliphatic rings. The normalized spacial score (nSPS) is 16.2. The first-order chi connectivity index (χ1) is 11.4. The van der Waals surface area contributed by atoms with E-state index in [0.717, 1.165) is 16.9 Å². The van der Waals surface area contributed by atoms with Gasteiger partial charge in [0.25, 0.3) is 0 Å². The zero-order valence-corrected chi connectivity index (χ0v) is 14.5. The number of anilines is 1. The first kappa shape index (κ1) is 16.5. The predicted molar refractivity (Wildman–Crippen MR) is 90.1 cm³/mol. The van der Waals surface area contributed by atoms with Gasteiger partial charge in [-0.05, 0) is 25.5 Å². The highest BCUT2D eigenvalue weighted by atomic mass is 35.5. The van der Waals surface area contributed by atoms with Gasteiger partial charge in [-0.25, -0.2) is 4.79 Å². The number of nitrogens with zero attached hydrogens (tertiary/aromatic N) is 3. The summed E-state index contributed by atoms with van der Waals surface area (Å²) in [5.41, 5.74) is 3.09. The maximum absolute atomic E-state index is 12.9. The molecule has 0 N–H and O–H groups in total. The number of carbonyl (C=O) groups is 2. The SMILES string of the molecule is COC(=O)C1Cc2ccccc2N1C(=O)Cn1nc(C)c(Cl)c1C. The van der Waals surface area contributed by atoms with Crippen molar-refractivity contribution in [2.24, 2.45) is 0 Å². The fourth-order valence-corrected chi connectivity index (χ4v) is 3.19. The number of fused-ring (bicyclic) bond motifs is 1. The Bertz CT molecular complexity index is 815. The third-order valence-corrected chi connectivity index (χ3v) is 4.84. The van der Waals surface area contributed by atoms with Crippen molar-refractivity contribution >= 4 is 29.2 Å². The lowest BCUT2D eigenvalue weighted by atomic mass is 10.1. The Labute approximate surface area is 145 Å². The summed E-state index contributed by atoms with van der Waals surface area (Å²) in [5.74, 6) is -0.649. The number of aryl methyl sites for hydroxylation is 1. The minimum atomic E-state index is -0.646. The van der Waals surface area contributed by atoms with Gasteiger partial charge in [-0.1, -0.05) is 29.8 Å². The summed E-state index contributed by atoms with van der Waals surface area (Å²) in [5, 5.41) is 4.84. The number of hydrogen-bond donors (Lipinski definition) is 0. The minimum Gasteiger partial charge on any atom is -0.467 e. The summed E-state index contributed by atoms with van der Waals surface area (Å²) < 4.78 is 6.43. The molecule has 0 fully saturated rings. The number of methoxy groups -OCH3 is 1. The van der Waals surface area contributed by atoms with E-state index >= 15 is 0 Å². The summed E-state index contributed by atoms with van der Waals surface area (Å²) >= 11 is 6.14. The van der Waals surface area contributed by atoms with Crippen LogP contribution in [0.3, 0.4) is 0 Å². The topological polar surface area (TPSA) is 64.4 Å². The fraction of sp³-hybridized carbons (Fsp3) is 0.353. The van der Waals surface area contributed by atoms with Gasteiger partial charge in [-0.2, -0.15) is 5.10 Å². The minimum absolute atomic E-state index is 0.0151. The third kappa shape index (κ3) is 2.67. The highest BCUT2D eigenvalue weighted by Crippen LogP contribution is 2.33. The molecule has 0 bridgehead atoms. The van der Waals surface area contributed by atoms with Crippen LogP contribution in [0.4, 0.5) is 5.69 Å². The van der Waals surface area contributed by atoms with E-state index in [4.69, 9.17) is 16.3 Å². The lowest BCUT2D eigenvalue weighted by Crippen LogP contribution is -2.45. The number of aromatic nitrogens is 2. The van der Waals surface area contributed by atoms with Crippen LogP contribution in [0.2, 0.25) is 5.02 Å². The van der Waals surface area contributed by atoms with E-state index in [1.807, 2.05) is 31.2 Å². The summed E-state index contributed by atoms with van der Waals surface area (Å²) in [7, 11) is 1.33. The van der Waals surface area contributed by atoms with Crippen molar-refractivity contribution in [2.75, 3.05) is 12.0 Å². The number of para-hydroxylation sites is 1. The zero-order valence-electron chi connectivity index (χ0n) is 13.7. The number of amides is 1. The molecular weight excluding hydrogens is 330 g/mol.